The molecule has 0 aromatic carbocycles. The third kappa shape index (κ3) is 1.83. The van der Waals surface area contributed by atoms with Crippen LogP contribution in [0.25, 0.3) is 0 Å². The first kappa shape index (κ1) is 6.25. The number of hydrogen-bond donors (Lipinski definition) is 3. The highest BCUT2D eigenvalue weighted by atomic mass is 16.5. The molecule has 4 nitrogen and oxygen atoms in total. The zero-order valence-electron chi connectivity index (χ0n) is 4.96. The summed E-state index contributed by atoms with van der Waals surface area (Å²) in [5, 5.41) is 11.2. The van der Waals surface area contributed by atoms with Crippen LogP contribution in [0.5, 0.6) is 0 Å². The number of nitrogens with one attached hydrogen (secondary N) is 2. The third-order valence-electron chi connectivity index (χ3n) is 1.04. The average molecular weight is 127 g/mol. The molecule has 1 rings (SSSR count). The third-order valence-corrected chi connectivity index (χ3v) is 1.04. The second-order valence-corrected chi connectivity index (χ2v) is 1.74. The highest BCUT2D eigenvalue weighted by Crippen LogP contribution is 1.89. The van der Waals surface area contributed by atoms with Gasteiger partial charge in [0.25, 0.3) is 0 Å². The van der Waals surface area contributed by atoms with E-state index < -0.39 is 0 Å². The van der Waals surface area contributed by atoms with Crippen molar-refractivity contribution >= 4 is 6.21 Å². The Morgan fingerprint density at radius 1 is 1.89 bits per heavy atom. The van der Waals surface area contributed by atoms with Crippen LogP contribution >= 0.6 is 0 Å². The second kappa shape index (κ2) is 3.21. The zero-order chi connectivity index (χ0) is 6.53. The van der Waals surface area contributed by atoms with E-state index in [9.17, 15) is 0 Å². The second-order valence-electron chi connectivity index (χ2n) is 1.74. The molecule has 0 amide bonds. The summed E-state index contributed by atoms with van der Waals surface area (Å²) in [6.07, 6.45) is 3.22. The molecule has 0 aliphatic carbocycles. The molecule has 1 aliphatic heterocycles. The first-order valence-electron chi connectivity index (χ1n) is 2.72. The number of nitrogens with zero attached hydrogens (tertiary/aromatic N) is 1. The molecule has 9 heavy (non-hydrogen) atoms. The van der Waals surface area contributed by atoms with E-state index in [2.05, 4.69) is 10.3 Å². The maximum atomic E-state index is 8.20. The van der Waals surface area contributed by atoms with Crippen LogP contribution in [0.15, 0.2) is 16.8 Å². The largest absolute Gasteiger partial charge is 0.294 e. The predicted molar refractivity (Wildman–Crippen MR) is 34.4 cm³/mol. The van der Waals surface area contributed by atoms with E-state index in [1.807, 2.05) is 5.48 Å². The molecular weight excluding hydrogens is 118 g/mol. The summed E-state index contributed by atoms with van der Waals surface area (Å²) in [5.41, 5.74) is 2.89. The Kier molecular flexibility index (Phi) is 2.23. The van der Waals surface area contributed by atoms with Crippen molar-refractivity contribution in [3.63, 3.8) is 0 Å². The van der Waals surface area contributed by atoms with E-state index in [0.717, 1.165) is 12.1 Å². The minimum atomic E-state index is 0.669. The quantitative estimate of drug-likeness (QED) is 0.415. The monoisotopic (exact) mass is 127 g/mol. The lowest BCUT2D eigenvalue weighted by Crippen LogP contribution is -2.23. The van der Waals surface area contributed by atoms with E-state index in [1.165, 1.54) is 6.20 Å². The Morgan fingerprint density at radius 3 is 3.33 bits per heavy atom. The SMILES string of the molecule is ONC=C1C=NCNC1. The van der Waals surface area contributed by atoms with E-state index in [0.29, 0.717) is 6.67 Å². The Hall–Kier alpha value is -0.870. The smallest absolute Gasteiger partial charge is 0.0887 e. The Labute approximate surface area is 53.2 Å². The van der Waals surface area contributed by atoms with Gasteiger partial charge in [-0.1, -0.05) is 0 Å². The van der Waals surface area contributed by atoms with Crippen molar-refractivity contribution in [2.45, 2.75) is 0 Å². The van der Waals surface area contributed by atoms with Gasteiger partial charge in [-0.3, -0.25) is 21.0 Å². The maximum Gasteiger partial charge on any atom is 0.0887 e. The Balaban J connectivity index is 2.49. The normalized spacial score (nSPS) is 22.6. The lowest BCUT2D eigenvalue weighted by atomic mass is 10.3. The summed E-state index contributed by atoms with van der Waals surface area (Å²) in [4.78, 5) is 3.92. The summed E-state index contributed by atoms with van der Waals surface area (Å²) >= 11 is 0. The van der Waals surface area contributed by atoms with Crippen LogP contribution in [0.2, 0.25) is 0 Å². The van der Waals surface area contributed by atoms with Gasteiger partial charge in [-0.05, 0) is 0 Å². The zero-order valence-corrected chi connectivity index (χ0v) is 4.96. The molecule has 0 bridgehead atoms. The van der Waals surface area contributed by atoms with Crippen molar-refractivity contribution in [1.82, 2.24) is 10.8 Å². The first-order valence-corrected chi connectivity index (χ1v) is 2.72. The molecule has 4 heteroatoms. The van der Waals surface area contributed by atoms with Crippen LogP contribution in [-0.4, -0.2) is 24.6 Å². The van der Waals surface area contributed by atoms with Crippen LogP contribution in [-0.2, 0) is 0 Å². The fourth-order valence-corrected chi connectivity index (χ4v) is 0.645. The number of aliphatic imine (C=N–C) groups is 1. The maximum absolute atomic E-state index is 8.20. The van der Waals surface area contributed by atoms with Gasteiger partial charge in [0, 0.05) is 24.5 Å². The average Bonchev–Trinajstić information content (AvgIpc) is 1.91. The van der Waals surface area contributed by atoms with E-state index in [-0.39, 0.29) is 0 Å². The summed E-state index contributed by atoms with van der Waals surface area (Å²) in [5.74, 6) is 0. The van der Waals surface area contributed by atoms with Crippen LogP contribution in [0.1, 0.15) is 0 Å². The van der Waals surface area contributed by atoms with Crippen molar-refractivity contribution in [3.8, 4) is 0 Å². The molecule has 0 spiro atoms. The van der Waals surface area contributed by atoms with Crippen LogP contribution in [0.4, 0.5) is 0 Å². The molecule has 1 heterocycles. The van der Waals surface area contributed by atoms with E-state index >= 15 is 0 Å². The van der Waals surface area contributed by atoms with Crippen molar-refractivity contribution in [1.29, 1.82) is 0 Å². The molecule has 3 N–H and O–H groups in total. The first-order chi connectivity index (χ1) is 4.43. The standard InChI is InChI=1S/C5H9N3O/c9-8-3-5-1-6-4-7-2-5/h1,3,7-9H,2,4H2. The van der Waals surface area contributed by atoms with Gasteiger partial charge in [0.05, 0.1) is 6.67 Å². The minimum Gasteiger partial charge on any atom is -0.294 e. The molecular formula is C5H9N3O. The Bertz CT molecular complexity index is 141. The lowest BCUT2D eigenvalue weighted by Gasteiger charge is -2.06. The minimum absolute atomic E-state index is 0.669. The number of rotatable bonds is 1. The van der Waals surface area contributed by atoms with Crippen molar-refractivity contribution in [3.05, 3.63) is 11.8 Å². The topological polar surface area (TPSA) is 56.6 Å². The molecule has 0 aromatic rings. The molecule has 0 radical (unpaired) electrons. The summed E-state index contributed by atoms with van der Waals surface area (Å²) < 4.78 is 0. The van der Waals surface area contributed by atoms with Gasteiger partial charge in [-0.25, -0.2) is 0 Å². The van der Waals surface area contributed by atoms with Gasteiger partial charge in [-0.15, -0.1) is 0 Å². The Morgan fingerprint density at radius 2 is 2.78 bits per heavy atom. The molecule has 0 saturated heterocycles. The molecule has 0 unspecified atom stereocenters. The fraction of sp³-hybridized carbons (Fsp3) is 0.400. The van der Waals surface area contributed by atoms with Crippen LogP contribution in [0.3, 0.4) is 0 Å². The molecule has 0 saturated carbocycles. The molecule has 0 fully saturated rings. The predicted octanol–water partition coefficient (Wildman–Crippen LogP) is -0.519. The lowest BCUT2D eigenvalue weighted by molar-refractivity contribution is 0.213. The van der Waals surface area contributed by atoms with Crippen molar-refractivity contribution in [2.24, 2.45) is 4.99 Å². The van der Waals surface area contributed by atoms with Crippen LogP contribution < -0.4 is 10.8 Å². The van der Waals surface area contributed by atoms with Gasteiger partial charge in [0.2, 0.25) is 0 Å². The summed E-state index contributed by atoms with van der Waals surface area (Å²) in [6, 6.07) is 0. The highest BCUT2D eigenvalue weighted by Gasteiger charge is 1.95. The molecule has 1 aliphatic rings. The molecule has 50 valence electrons. The van der Waals surface area contributed by atoms with Gasteiger partial charge in [0.15, 0.2) is 0 Å². The summed E-state index contributed by atoms with van der Waals surface area (Å²) in [7, 11) is 0. The van der Waals surface area contributed by atoms with Gasteiger partial charge in [-0.2, -0.15) is 0 Å². The number of hydrogen-bond acceptors (Lipinski definition) is 4. The summed E-state index contributed by atoms with van der Waals surface area (Å²) in [6.45, 7) is 1.43. The van der Waals surface area contributed by atoms with Crippen molar-refractivity contribution < 1.29 is 5.21 Å². The van der Waals surface area contributed by atoms with Gasteiger partial charge in [0.1, 0.15) is 0 Å². The number of hydroxylamine groups is 1. The fourth-order valence-electron chi connectivity index (χ4n) is 0.645. The van der Waals surface area contributed by atoms with E-state index in [4.69, 9.17) is 5.21 Å². The van der Waals surface area contributed by atoms with Crippen molar-refractivity contribution in [2.75, 3.05) is 13.2 Å². The van der Waals surface area contributed by atoms with Gasteiger partial charge < -0.3 is 0 Å². The van der Waals surface area contributed by atoms with Crippen LogP contribution in [0, 0.1) is 0 Å². The highest BCUT2D eigenvalue weighted by molar-refractivity contribution is 5.79. The molecule has 0 atom stereocenters. The van der Waals surface area contributed by atoms with E-state index in [1.54, 1.807) is 6.21 Å². The molecule has 0 aromatic heterocycles. The van der Waals surface area contributed by atoms with Gasteiger partial charge >= 0.3 is 0 Å².